The van der Waals surface area contributed by atoms with Crippen LogP contribution in [0.3, 0.4) is 0 Å². The molecule has 0 spiro atoms. The van der Waals surface area contributed by atoms with Gasteiger partial charge >= 0.3 is 11.9 Å². The zero-order valence-corrected chi connectivity index (χ0v) is 12.3. The van der Waals surface area contributed by atoms with Gasteiger partial charge in [-0.2, -0.15) is 0 Å². The molecule has 1 N–H and O–H groups in total. The number of nitrogens with zero attached hydrogens (tertiary/aromatic N) is 2. The molecule has 1 unspecified atom stereocenters. The van der Waals surface area contributed by atoms with E-state index in [0.717, 1.165) is 0 Å². The Hall–Kier alpha value is -2.37. The highest BCUT2D eigenvalue weighted by atomic mass is 16.5. The molecule has 6 nitrogen and oxygen atoms in total. The first-order valence-corrected chi connectivity index (χ1v) is 6.91. The van der Waals surface area contributed by atoms with Crippen LogP contribution in [-0.2, 0) is 16.0 Å². The van der Waals surface area contributed by atoms with Crippen LogP contribution in [0, 0.1) is 0 Å². The summed E-state index contributed by atoms with van der Waals surface area (Å²) >= 11 is 0. The largest absolute Gasteiger partial charge is 0.478 e. The van der Waals surface area contributed by atoms with E-state index in [-0.39, 0.29) is 11.5 Å². The van der Waals surface area contributed by atoms with Gasteiger partial charge < -0.3 is 14.4 Å². The summed E-state index contributed by atoms with van der Waals surface area (Å²) in [7, 11) is 0. The number of aryl methyl sites for hydroxylation is 1. The van der Waals surface area contributed by atoms with Crippen molar-refractivity contribution in [3.63, 3.8) is 0 Å². The highest BCUT2D eigenvalue weighted by Gasteiger charge is 2.23. The van der Waals surface area contributed by atoms with Gasteiger partial charge in [0.25, 0.3) is 0 Å². The number of hydrogen-bond acceptors (Lipinski definition) is 4. The third kappa shape index (κ3) is 2.61. The first-order chi connectivity index (χ1) is 10.0. The maximum absolute atomic E-state index is 12.0. The Morgan fingerprint density at radius 2 is 2.10 bits per heavy atom. The number of ether oxygens (including phenoxy) is 1. The van der Waals surface area contributed by atoms with E-state index < -0.39 is 12.0 Å². The molecule has 0 amide bonds. The van der Waals surface area contributed by atoms with Gasteiger partial charge in [0.1, 0.15) is 17.4 Å². The van der Waals surface area contributed by atoms with Gasteiger partial charge in [-0.05, 0) is 26.0 Å². The standard InChI is InChI=1S/C15H18N2O4/c1-4-12-16-13-10(14(18)19)7-6-8-11(13)17(12)9(3)15(20)21-5-2/h6-9H,4-5H2,1-3H3,(H,18,19). The first kappa shape index (κ1) is 15.0. The summed E-state index contributed by atoms with van der Waals surface area (Å²) in [4.78, 5) is 27.7. The Morgan fingerprint density at radius 1 is 1.38 bits per heavy atom. The number of carbonyl (C=O) groups is 2. The number of para-hydroxylation sites is 1. The van der Waals surface area contributed by atoms with Crippen molar-refractivity contribution in [2.75, 3.05) is 6.61 Å². The van der Waals surface area contributed by atoms with E-state index >= 15 is 0 Å². The van der Waals surface area contributed by atoms with E-state index in [0.29, 0.717) is 29.9 Å². The Morgan fingerprint density at radius 3 is 2.67 bits per heavy atom. The molecule has 1 heterocycles. The fraction of sp³-hybridized carbons (Fsp3) is 0.400. The maximum Gasteiger partial charge on any atom is 0.337 e. The van der Waals surface area contributed by atoms with Gasteiger partial charge in [-0.1, -0.05) is 13.0 Å². The quantitative estimate of drug-likeness (QED) is 0.855. The number of carbonyl (C=O) groups excluding carboxylic acids is 1. The SMILES string of the molecule is CCOC(=O)C(C)n1c(CC)nc2c(C(=O)O)cccc21. The van der Waals surface area contributed by atoms with Gasteiger partial charge in [-0.15, -0.1) is 0 Å². The monoisotopic (exact) mass is 290 g/mol. The summed E-state index contributed by atoms with van der Waals surface area (Å²) in [6, 6.07) is 4.38. The maximum atomic E-state index is 12.0. The normalized spacial score (nSPS) is 12.3. The molecule has 1 atom stereocenters. The molecule has 6 heteroatoms. The molecule has 0 aliphatic rings. The molecule has 0 aliphatic carbocycles. The van der Waals surface area contributed by atoms with Gasteiger partial charge in [-0.3, -0.25) is 0 Å². The third-order valence-corrected chi connectivity index (χ3v) is 3.35. The number of hydrogen-bond donors (Lipinski definition) is 1. The van der Waals surface area contributed by atoms with Crippen molar-refractivity contribution in [1.29, 1.82) is 0 Å². The van der Waals surface area contributed by atoms with Crippen molar-refractivity contribution in [3.05, 3.63) is 29.6 Å². The average molecular weight is 290 g/mol. The van der Waals surface area contributed by atoms with Crippen LogP contribution in [0.1, 0.15) is 43.0 Å². The lowest BCUT2D eigenvalue weighted by Gasteiger charge is -2.15. The number of imidazole rings is 1. The lowest BCUT2D eigenvalue weighted by molar-refractivity contribution is -0.146. The van der Waals surface area contributed by atoms with Crippen molar-refractivity contribution >= 4 is 23.0 Å². The van der Waals surface area contributed by atoms with E-state index in [1.165, 1.54) is 6.07 Å². The lowest BCUT2D eigenvalue weighted by atomic mass is 10.2. The van der Waals surface area contributed by atoms with Crippen molar-refractivity contribution in [2.24, 2.45) is 0 Å². The Kier molecular flexibility index (Phi) is 4.26. The van der Waals surface area contributed by atoms with E-state index in [4.69, 9.17) is 4.74 Å². The molecule has 21 heavy (non-hydrogen) atoms. The van der Waals surface area contributed by atoms with Crippen LogP contribution in [-0.4, -0.2) is 33.2 Å². The summed E-state index contributed by atoms with van der Waals surface area (Å²) in [6.45, 7) is 5.69. The fourth-order valence-corrected chi connectivity index (χ4v) is 2.39. The first-order valence-electron chi connectivity index (χ1n) is 6.91. The predicted octanol–water partition coefficient (Wildman–Crippen LogP) is 2.42. The number of aromatic nitrogens is 2. The highest BCUT2D eigenvalue weighted by Crippen LogP contribution is 2.25. The molecule has 0 saturated carbocycles. The minimum atomic E-state index is -1.03. The second-order valence-corrected chi connectivity index (χ2v) is 4.66. The number of carboxylic acid groups (broad SMARTS) is 1. The summed E-state index contributed by atoms with van der Waals surface area (Å²) in [6.07, 6.45) is 0.595. The lowest BCUT2D eigenvalue weighted by Crippen LogP contribution is -2.20. The van der Waals surface area contributed by atoms with Crippen molar-refractivity contribution in [2.45, 2.75) is 33.2 Å². The minimum absolute atomic E-state index is 0.136. The number of benzene rings is 1. The van der Waals surface area contributed by atoms with E-state index in [9.17, 15) is 14.7 Å². The van der Waals surface area contributed by atoms with Crippen LogP contribution in [0.5, 0.6) is 0 Å². The molecule has 0 saturated heterocycles. The second kappa shape index (κ2) is 5.95. The number of esters is 1. The third-order valence-electron chi connectivity index (χ3n) is 3.35. The van der Waals surface area contributed by atoms with Crippen molar-refractivity contribution in [1.82, 2.24) is 9.55 Å². The van der Waals surface area contributed by atoms with Crippen LogP contribution in [0.4, 0.5) is 0 Å². The zero-order valence-electron chi connectivity index (χ0n) is 12.3. The Balaban J connectivity index is 2.65. The molecule has 1 aromatic heterocycles. The van der Waals surface area contributed by atoms with E-state index in [1.54, 1.807) is 30.5 Å². The zero-order chi connectivity index (χ0) is 15.6. The Labute approximate surface area is 122 Å². The molecule has 2 aromatic rings. The smallest absolute Gasteiger partial charge is 0.337 e. The molecular formula is C15H18N2O4. The topological polar surface area (TPSA) is 81.4 Å². The van der Waals surface area contributed by atoms with Crippen LogP contribution in [0.2, 0.25) is 0 Å². The number of carboxylic acids is 1. The number of aromatic carboxylic acids is 1. The number of fused-ring (bicyclic) bond motifs is 1. The molecular weight excluding hydrogens is 272 g/mol. The summed E-state index contributed by atoms with van der Waals surface area (Å²) in [5.74, 6) is -0.719. The van der Waals surface area contributed by atoms with Crippen LogP contribution < -0.4 is 0 Å². The molecule has 0 fully saturated rings. The fourth-order valence-electron chi connectivity index (χ4n) is 2.39. The molecule has 2 rings (SSSR count). The van der Waals surface area contributed by atoms with Crippen molar-refractivity contribution in [3.8, 4) is 0 Å². The molecule has 0 radical (unpaired) electrons. The number of rotatable bonds is 5. The molecule has 112 valence electrons. The summed E-state index contributed by atoms with van der Waals surface area (Å²) < 4.78 is 6.80. The highest BCUT2D eigenvalue weighted by molar-refractivity contribution is 6.01. The molecule has 0 aliphatic heterocycles. The second-order valence-electron chi connectivity index (χ2n) is 4.66. The predicted molar refractivity (Wildman–Crippen MR) is 77.4 cm³/mol. The van der Waals surface area contributed by atoms with Gasteiger partial charge in [0.15, 0.2) is 0 Å². The Bertz CT molecular complexity index is 690. The van der Waals surface area contributed by atoms with Crippen LogP contribution in [0.15, 0.2) is 18.2 Å². The van der Waals surface area contributed by atoms with Gasteiger partial charge in [0.2, 0.25) is 0 Å². The van der Waals surface area contributed by atoms with Crippen LogP contribution >= 0.6 is 0 Å². The van der Waals surface area contributed by atoms with E-state index in [1.807, 2.05) is 6.92 Å². The van der Waals surface area contributed by atoms with Gasteiger partial charge in [0.05, 0.1) is 17.7 Å². The van der Waals surface area contributed by atoms with Crippen molar-refractivity contribution < 1.29 is 19.4 Å². The molecule has 0 bridgehead atoms. The van der Waals surface area contributed by atoms with Crippen LogP contribution in [0.25, 0.3) is 11.0 Å². The minimum Gasteiger partial charge on any atom is -0.478 e. The van der Waals surface area contributed by atoms with Gasteiger partial charge in [-0.25, -0.2) is 14.6 Å². The average Bonchev–Trinajstić information content (AvgIpc) is 2.84. The van der Waals surface area contributed by atoms with Gasteiger partial charge in [0, 0.05) is 6.42 Å². The van der Waals surface area contributed by atoms with E-state index in [2.05, 4.69) is 4.98 Å². The molecule has 1 aromatic carbocycles. The summed E-state index contributed by atoms with van der Waals surface area (Å²) in [5, 5.41) is 9.25. The summed E-state index contributed by atoms with van der Waals surface area (Å²) in [5.41, 5.74) is 1.17.